The van der Waals surface area contributed by atoms with Crippen molar-refractivity contribution < 1.29 is 9.53 Å². The first-order valence-electron chi connectivity index (χ1n) is 9.31. The van der Waals surface area contributed by atoms with Crippen molar-refractivity contribution in [1.29, 1.82) is 0 Å². The number of nitrogens with two attached hydrogens (primary N) is 1. The molecular formula is C21H18N6O2. The maximum Gasteiger partial charge on any atom is 0.259 e. The lowest BCUT2D eigenvalue weighted by Gasteiger charge is -2.07. The Balaban J connectivity index is 1.36. The first-order chi connectivity index (χ1) is 14.2. The van der Waals surface area contributed by atoms with Crippen LogP contribution in [-0.4, -0.2) is 25.5 Å². The molecule has 0 saturated heterocycles. The summed E-state index contributed by atoms with van der Waals surface area (Å²) in [6, 6.07) is 13.2. The van der Waals surface area contributed by atoms with E-state index in [1.165, 1.54) is 24.6 Å². The minimum atomic E-state index is -0.204. The van der Waals surface area contributed by atoms with Crippen molar-refractivity contribution in [3.8, 4) is 11.6 Å². The zero-order valence-electron chi connectivity index (χ0n) is 15.4. The SMILES string of the molecule is Nc1nccc(Oc2ccc3c(C(=O)Nc4cccc(C5CC5)c4)cnn3c2)n1. The van der Waals surface area contributed by atoms with Crippen LogP contribution >= 0.6 is 0 Å². The van der Waals surface area contributed by atoms with Crippen molar-refractivity contribution in [2.75, 3.05) is 11.1 Å². The van der Waals surface area contributed by atoms with Crippen LogP contribution in [0.25, 0.3) is 5.52 Å². The maximum absolute atomic E-state index is 12.8. The highest BCUT2D eigenvalue weighted by molar-refractivity contribution is 6.08. The van der Waals surface area contributed by atoms with Crippen LogP contribution < -0.4 is 15.8 Å². The third kappa shape index (κ3) is 3.60. The van der Waals surface area contributed by atoms with Gasteiger partial charge in [-0.25, -0.2) is 9.50 Å². The summed E-state index contributed by atoms with van der Waals surface area (Å²) in [5, 5.41) is 7.24. The number of carbonyl (C=O) groups excluding carboxylic acids is 1. The molecule has 0 bridgehead atoms. The quantitative estimate of drug-likeness (QED) is 0.542. The Morgan fingerprint density at radius 2 is 2.10 bits per heavy atom. The van der Waals surface area contributed by atoms with Crippen LogP contribution in [0.3, 0.4) is 0 Å². The average Bonchev–Trinajstić information content (AvgIpc) is 3.48. The standard InChI is InChI=1S/C21H18N6O2/c22-21-23-9-8-19(26-21)29-16-6-7-18-17(11-24-27(18)12-16)20(28)25-15-3-1-2-14(10-15)13-4-5-13/h1-3,6-13H,4-5H2,(H,25,28)(H2,22,23,26). The Morgan fingerprint density at radius 3 is 2.93 bits per heavy atom. The zero-order chi connectivity index (χ0) is 19.8. The van der Waals surface area contributed by atoms with E-state index in [-0.39, 0.29) is 11.9 Å². The van der Waals surface area contributed by atoms with Gasteiger partial charge in [-0.05, 0) is 48.6 Å². The summed E-state index contributed by atoms with van der Waals surface area (Å²) in [6.45, 7) is 0. The van der Waals surface area contributed by atoms with Gasteiger partial charge >= 0.3 is 0 Å². The average molecular weight is 386 g/mol. The van der Waals surface area contributed by atoms with Gasteiger partial charge in [0.2, 0.25) is 11.8 Å². The highest BCUT2D eigenvalue weighted by Crippen LogP contribution is 2.40. The zero-order valence-corrected chi connectivity index (χ0v) is 15.4. The lowest BCUT2D eigenvalue weighted by atomic mass is 10.1. The van der Waals surface area contributed by atoms with Crippen LogP contribution in [0.4, 0.5) is 11.6 Å². The van der Waals surface area contributed by atoms with E-state index in [1.807, 2.05) is 18.2 Å². The molecule has 3 N–H and O–H groups in total. The molecule has 0 atom stereocenters. The van der Waals surface area contributed by atoms with E-state index in [1.54, 1.807) is 35.1 Å². The molecule has 4 aromatic rings. The van der Waals surface area contributed by atoms with Gasteiger partial charge in [0, 0.05) is 18.0 Å². The molecule has 144 valence electrons. The molecule has 0 radical (unpaired) electrons. The van der Waals surface area contributed by atoms with E-state index < -0.39 is 0 Å². The minimum Gasteiger partial charge on any atom is -0.437 e. The number of nitrogen functional groups attached to an aromatic ring is 1. The van der Waals surface area contributed by atoms with Crippen LogP contribution in [-0.2, 0) is 0 Å². The second-order valence-corrected chi connectivity index (χ2v) is 6.96. The van der Waals surface area contributed by atoms with E-state index in [0.717, 1.165) is 5.69 Å². The Kier molecular flexibility index (Phi) is 4.09. The number of hydrogen-bond acceptors (Lipinski definition) is 6. The van der Waals surface area contributed by atoms with Gasteiger partial charge in [-0.15, -0.1) is 0 Å². The molecule has 1 aliphatic rings. The second-order valence-electron chi connectivity index (χ2n) is 6.96. The molecule has 0 unspecified atom stereocenters. The highest BCUT2D eigenvalue weighted by Gasteiger charge is 2.23. The molecule has 1 fully saturated rings. The molecular weight excluding hydrogens is 368 g/mol. The highest BCUT2D eigenvalue weighted by atomic mass is 16.5. The third-order valence-electron chi connectivity index (χ3n) is 4.80. The van der Waals surface area contributed by atoms with Crippen molar-refractivity contribution >= 4 is 23.1 Å². The second kappa shape index (κ2) is 6.90. The van der Waals surface area contributed by atoms with Crippen LogP contribution in [0.2, 0.25) is 0 Å². The van der Waals surface area contributed by atoms with E-state index in [9.17, 15) is 4.79 Å². The number of fused-ring (bicyclic) bond motifs is 1. The predicted molar refractivity (Wildman–Crippen MR) is 108 cm³/mol. The summed E-state index contributed by atoms with van der Waals surface area (Å²) in [6.07, 6.45) is 7.18. The number of hydrogen-bond donors (Lipinski definition) is 2. The lowest BCUT2D eigenvalue weighted by Crippen LogP contribution is -2.11. The van der Waals surface area contributed by atoms with Gasteiger partial charge in [0.15, 0.2) is 0 Å². The van der Waals surface area contributed by atoms with E-state index >= 15 is 0 Å². The molecule has 3 aromatic heterocycles. The van der Waals surface area contributed by atoms with E-state index in [0.29, 0.717) is 28.6 Å². The normalized spacial score (nSPS) is 13.4. The summed E-state index contributed by atoms with van der Waals surface area (Å²) < 4.78 is 7.27. The van der Waals surface area contributed by atoms with Crippen LogP contribution in [0.15, 0.2) is 61.1 Å². The molecule has 1 aliphatic carbocycles. The number of nitrogens with zero attached hydrogens (tertiary/aromatic N) is 4. The minimum absolute atomic E-state index is 0.132. The summed E-state index contributed by atoms with van der Waals surface area (Å²) in [5.41, 5.74) is 8.79. The summed E-state index contributed by atoms with van der Waals surface area (Å²) >= 11 is 0. The van der Waals surface area contributed by atoms with Crippen molar-refractivity contribution in [3.05, 3.63) is 72.2 Å². The number of rotatable bonds is 5. The number of nitrogens with one attached hydrogen (secondary N) is 1. The van der Waals surface area contributed by atoms with Gasteiger partial charge in [-0.2, -0.15) is 10.1 Å². The largest absolute Gasteiger partial charge is 0.437 e. The maximum atomic E-state index is 12.8. The molecule has 0 aliphatic heterocycles. The number of anilines is 2. The number of ether oxygens (including phenoxy) is 1. The summed E-state index contributed by atoms with van der Waals surface area (Å²) in [4.78, 5) is 20.6. The fourth-order valence-corrected chi connectivity index (χ4v) is 3.22. The Labute approximate surface area is 166 Å². The lowest BCUT2D eigenvalue weighted by molar-refractivity contribution is 0.102. The fraction of sp³-hybridized carbons (Fsp3) is 0.143. The molecule has 8 heteroatoms. The van der Waals surface area contributed by atoms with Gasteiger partial charge in [0.05, 0.1) is 23.5 Å². The van der Waals surface area contributed by atoms with E-state index in [4.69, 9.17) is 10.5 Å². The first kappa shape index (κ1) is 17.2. The molecule has 0 spiro atoms. The molecule has 29 heavy (non-hydrogen) atoms. The van der Waals surface area contributed by atoms with Gasteiger partial charge < -0.3 is 15.8 Å². The summed E-state index contributed by atoms with van der Waals surface area (Å²) in [7, 11) is 0. The molecule has 8 nitrogen and oxygen atoms in total. The molecule has 1 aromatic carbocycles. The summed E-state index contributed by atoms with van der Waals surface area (Å²) in [5.74, 6) is 1.41. The van der Waals surface area contributed by atoms with Crippen molar-refractivity contribution in [3.63, 3.8) is 0 Å². The Bertz CT molecular complexity index is 1210. The number of benzene rings is 1. The molecule has 1 amide bonds. The number of pyridine rings is 1. The van der Waals surface area contributed by atoms with Gasteiger partial charge in [-0.1, -0.05) is 12.1 Å². The third-order valence-corrected chi connectivity index (χ3v) is 4.80. The van der Waals surface area contributed by atoms with Gasteiger partial charge in [0.1, 0.15) is 5.75 Å². The van der Waals surface area contributed by atoms with Crippen molar-refractivity contribution in [1.82, 2.24) is 19.6 Å². The van der Waals surface area contributed by atoms with Gasteiger partial charge in [0.25, 0.3) is 5.91 Å². The molecule has 3 heterocycles. The fourth-order valence-electron chi connectivity index (χ4n) is 3.22. The Hall–Kier alpha value is -3.94. The van der Waals surface area contributed by atoms with Crippen molar-refractivity contribution in [2.24, 2.45) is 0 Å². The van der Waals surface area contributed by atoms with Crippen LogP contribution in [0, 0.1) is 0 Å². The number of carbonyl (C=O) groups is 1. The van der Waals surface area contributed by atoms with Crippen molar-refractivity contribution in [2.45, 2.75) is 18.8 Å². The predicted octanol–water partition coefficient (Wildman–Crippen LogP) is 3.63. The topological polar surface area (TPSA) is 107 Å². The van der Waals surface area contributed by atoms with Crippen LogP contribution in [0.1, 0.15) is 34.7 Å². The monoisotopic (exact) mass is 386 g/mol. The molecule has 5 rings (SSSR count). The van der Waals surface area contributed by atoms with E-state index in [2.05, 4.69) is 26.4 Å². The van der Waals surface area contributed by atoms with Crippen LogP contribution in [0.5, 0.6) is 11.6 Å². The molecule has 1 saturated carbocycles. The number of amides is 1. The first-order valence-corrected chi connectivity index (χ1v) is 9.31. The Morgan fingerprint density at radius 1 is 1.21 bits per heavy atom. The smallest absolute Gasteiger partial charge is 0.259 e. The number of aromatic nitrogens is 4. The van der Waals surface area contributed by atoms with Gasteiger partial charge in [-0.3, -0.25) is 4.79 Å².